The number of carbonyl (C=O) groups excluding carboxylic acids is 1. The molecule has 1 atom stereocenters. The van der Waals surface area contributed by atoms with Crippen LogP contribution in [0.25, 0.3) is 0 Å². The summed E-state index contributed by atoms with van der Waals surface area (Å²) in [6.07, 6.45) is 2.28. The topological polar surface area (TPSA) is 71.7 Å². The van der Waals surface area contributed by atoms with Crippen LogP contribution in [0.15, 0.2) is 52.0 Å². The van der Waals surface area contributed by atoms with E-state index in [-0.39, 0.29) is 17.1 Å². The van der Waals surface area contributed by atoms with Gasteiger partial charge in [-0.3, -0.25) is 4.79 Å². The number of carbonyl (C=O) groups is 1. The third kappa shape index (κ3) is 3.91. The van der Waals surface area contributed by atoms with Gasteiger partial charge in [0.15, 0.2) is 12.2 Å². The van der Waals surface area contributed by atoms with E-state index in [1.165, 1.54) is 6.40 Å². The Morgan fingerprint density at radius 2 is 2.07 bits per heavy atom. The predicted molar refractivity (Wildman–Crippen MR) is 103 cm³/mol. The molecule has 1 aromatic carbocycles. The maximum absolute atomic E-state index is 13.0. The van der Waals surface area contributed by atoms with Crippen molar-refractivity contribution < 1.29 is 14.3 Å². The highest BCUT2D eigenvalue weighted by Crippen LogP contribution is 2.48. The normalized spacial score (nSPS) is 21.7. The summed E-state index contributed by atoms with van der Waals surface area (Å²) in [5.74, 6) is 0.240. The molecule has 1 aliphatic carbocycles. The number of allylic oxidation sites excluding steroid dienone is 3. The van der Waals surface area contributed by atoms with Gasteiger partial charge in [0.1, 0.15) is 17.4 Å². The van der Waals surface area contributed by atoms with Crippen molar-refractivity contribution in [3.8, 4) is 6.07 Å². The van der Waals surface area contributed by atoms with Gasteiger partial charge in [-0.05, 0) is 30.0 Å². The van der Waals surface area contributed by atoms with Crippen molar-refractivity contribution in [3.63, 3.8) is 0 Å². The zero-order chi connectivity index (χ0) is 19.6. The smallest absolute Gasteiger partial charge is 0.236 e. The Morgan fingerprint density at radius 3 is 2.70 bits per heavy atom. The lowest BCUT2D eigenvalue weighted by Crippen LogP contribution is -2.32. The van der Waals surface area contributed by atoms with E-state index in [4.69, 9.17) is 21.1 Å². The Labute approximate surface area is 163 Å². The first kappa shape index (κ1) is 19.2. The van der Waals surface area contributed by atoms with Crippen LogP contribution >= 0.6 is 11.6 Å². The zero-order valence-electron chi connectivity index (χ0n) is 15.6. The number of nitrogens with zero attached hydrogens (tertiary/aromatic N) is 2. The van der Waals surface area contributed by atoms with E-state index < -0.39 is 5.92 Å². The SMILES string of the molecule is CCOC=NC1=C(C#N)C(c2ccc(Cl)cc2)C2=C(CC(C)(C)CC2=O)O1. The van der Waals surface area contributed by atoms with Crippen LogP contribution in [-0.4, -0.2) is 18.8 Å². The monoisotopic (exact) mass is 384 g/mol. The van der Waals surface area contributed by atoms with Crippen LogP contribution in [0.4, 0.5) is 0 Å². The quantitative estimate of drug-likeness (QED) is 0.547. The van der Waals surface area contributed by atoms with Crippen molar-refractivity contribution in [2.45, 2.75) is 39.5 Å². The fourth-order valence-corrected chi connectivity index (χ4v) is 3.61. The molecular formula is C21H21ClN2O3. The Hall–Kier alpha value is -2.58. The molecule has 1 aromatic rings. The van der Waals surface area contributed by atoms with Crippen LogP contribution in [0, 0.1) is 16.7 Å². The number of aliphatic imine (C=N–C) groups is 1. The fourth-order valence-electron chi connectivity index (χ4n) is 3.49. The number of ketones is 1. The predicted octanol–water partition coefficient (Wildman–Crippen LogP) is 4.90. The van der Waals surface area contributed by atoms with Gasteiger partial charge in [-0.15, -0.1) is 0 Å². The maximum atomic E-state index is 13.0. The Balaban J connectivity index is 2.16. The minimum atomic E-state index is -0.520. The Bertz CT molecular complexity index is 889. The summed E-state index contributed by atoms with van der Waals surface area (Å²) in [5.41, 5.74) is 1.44. The second-order valence-electron chi connectivity index (χ2n) is 7.38. The molecule has 3 rings (SSSR count). The van der Waals surface area contributed by atoms with Crippen LogP contribution in [0.3, 0.4) is 0 Å². The summed E-state index contributed by atoms with van der Waals surface area (Å²) in [4.78, 5) is 17.2. The van der Waals surface area contributed by atoms with Crippen LogP contribution in [0.1, 0.15) is 45.1 Å². The molecule has 6 heteroatoms. The molecule has 140 valence electrons. The van der Waals surface area contributed by atoms with Crippen molar-refractivity contribution in [1.82, 2.24) is 0 Å². The van der Waals surface area contributed by atoms with E-state index in [0.717, 1.165) is 5.56 Å². The Kier molecular flexibility index (Phi) is 5.38. The summed E-state index contributed by atoms with van der Waals surface area (Å²) < 4.78 is 11.1. The van der Waals surface area contributed by atoms with Crippen LogP contribution in [-0.2, 0) is 14.3 Å². The molecule has 0 aromatic heterocycles. The van der Waals surface area contributed by atoms with Crippen LogP contribution in [0.5, 0.6) is 0 Å². The molecule has 27 heavy (non-hydrogen) atoms. The van der Waals surface area contributed by atoms with Crippen molar-refractivity contribution >= 4 is 23.8 Å². The lowest BCUT2D eigenvalue weighted by molar-refractivity contribution is -0.119. The van der Waals surface area contributed by atoms with Gasteiger partial charge < -0.3 is 9.47 Å². The average molecular weight is 385 g/mol. The average Bonchev–Trinajstić information content (AvgIpc) is 2.60. The first-order valence-corrected chi connectivity index (χ1v) is 9.22. The second-order valence-corrected chi connectivity index (χ2v) is 7.82. The highest BCUT2D eigenvalue weighted by molar-refractivity contribution is 6.30. The molecule has 1 aliphatic heterocycles. The molecule has 5 nitrogen and oxygen atoms in total. The van der Waals surface area contributed by atoms with Gasteiger partial charge in [-0.25, -0.2) is 0 Å². The molecule has 1 heterocycles. The standard InChI is InChI=1S/C21H21ClN2O3/c1-4-26-12-24-20-15(11-23)18(13-5-7-14(22)8-6-13)19-16(25)9-21(2,3)10-17(19)27-20/h5-8,12,18H,4,9-10H2,1-3H3. The molecule has 1 unspecified atom stereocenters. The molecule has 0 saturated heterocycles. The van der Waals surface area contributed by atoms with E-state index >= 15 is 0 Å². The van der Waals surface area contributed by atoms with E-state index in [2.05, 4.69) is 11.1 Å². The first-order chi connectivity index (χ1) is 12.9. The number of halogens is 1. The summed E-state index contributed by atoms with van der Waals surface area (Å²) in [7, 11) is 0. The van der Waals surface area contributed by atoms with Gasteiger partial charge in [0, 0.05) is 23.4 Å². The third-order valence-corrected chi connectivity index (χ3v) is 4.89. The number of hydrogen-bond donors (Lipinski definition) is 0. The van der Waals surface area contributed by atoms with Gasteiger partial charge >= 0.3 is 0 Å². The lowest BCUT2D eigenvalue weighted by atomic mass is 9.70. The summed E-state index contributed by atoms with van der Waals surface area (Å²) in [6, 6.07) is 9.35. The number of Topliss-reactive ketones (excluding diaryl/α,β-unsaturated/α-hetero) is 1. The highest BCUT2D eigenvalue weighted by atomic mass is 35.5. The van der Waals surface area contributed by atoms with Crippen molar-refractivity contribution in [1.29, 1.82) is 5.26 Å². The van der Waals surface area contributed by atoms with Gasteiger partial charge in [0.05, 0.1) is 12.5 Å². The number of nitriles is 1. The second kappa shape index (κ2) is 7.58. The van der Waals surface area contributed by atoms with Gasteiger partial charge in [0.25, 0.3) is 0 Å². The van der Waals surface area contributed by atoms with Gasteiger partial charge in [-0.2, -0.15) is 10.3 Å². The summed E-state index contributed by atoms with van der Waals surface area (Å²) in [6.45, 7) is 6.36. The minimum absolute atomic E-state index is 0.00166. The van der Waals surface area contributed by atoms with E-state index in [1.807, 2.05) is 32.9 Å². The molecule has 0 spiro atoms. The number of hydrogen-bond acceptors (Lipinski definition) is 5. The van der Waals surface area contributed by atoms with E-state index in [9.17, 15) is 10.1 Å². The number of benzene rings is 1. The molecule has 0 saturated carbocycles. The van der Waals surface area contributed by atoms with Crippen molar-refractivity contribution in [2.75, 3.05) is 6.61 Å². The zero-order valence-corrected chi connectivity index (χ0v) is 16.3. The van der Waals surface area contributed by atoms with Crippen molar-refractivity contribution in [3.05, 3.63) is 57.6 Å². The summed E-state index contributed by atoms with van der Waals surface area (Å²) in [5, 5.41) is 10.4. The molecule has 0 radical (unpaired) electrons. The molecule has 2 aliphatic rings. The molecule has 0 N–H and O–H groups in total. The lowest BCUT2D eigenvalue weighted by Gasteiger charge is -2.37. The molecule has 0 amide bonds. The largest absolute Gasteiger partial charge is 0.483 e. The Morgan fingerprint density at radius 1 is 1.37 bits per heavy atom. The fraction of sp³-hybridized carbons (Fsp3) is 0.381. The maximum Gasteiger partial charge on any atom is 0.236 e. The highest BCUT2D eigenvalue weighted by Gasteiger charge is 2.43. The molecule has 0 bridgehead atoms. The van der Waals surface area contributed by atoms with E-state index in [0.29, 0.717) is 41.4 Å². The number of rotatable bonds is 4. The minimum Gasteiger partial charge on any atom is -0.483 e. The van der Waals surface area contributed by atoms with Gasteiger partial charge in [-0.1, -0.05) is 37.6 Å². The summed E-state index contributed by atoms with van der Waals surface area (Å²) >= 11 is 6.02. The van der Waals surface area contributed by atoms with Gasteiger partial charge in [0.2, 0.25) is 5.88 Å². The first-order valence-electron chi connectivity index (χ1n) is 8.84. The van der Waals surface area contributed by atoms with Crippen molar-refractivity contribution in [2.24, 2.45) is 10.4 Å². The molecule has 0 fully saturated rings. The van der Waals surface area contributed by atoms with Crippen LogP contribution in [0.2, 0.25) is 5.02 Å². The van der Waals surface area contributed by atoms with Crippen LogP contribution < -0.4 is 0 Å². The number of ether oxygens (including phenoxy) is 2. The molecular weight excluding hydrogens is 364 g/mol. The van der Waals surface area contributed by atoms with E-state index in [1.54, 1.807) is 12.1 Å². The third-order valence-electron chi connectivity index (χ3n) is 4.64.